The van der Waals surface area contributed by atoms with E-state index in [1.807, 2.05) is 18.3 Å². The van der Waals surface area contributed by atoms with Crippen LogP contribution in [0.2, 0.25) is 0 Å². The van der Waals surface area contributed by atoms with Gasteiger partial charge in [0.15, 0.2) is 5.65 Å². The smallest absolute Gasteiger partial charge is 0.165 e. The third-order valence-corrected chi connectivity index (χ3v) is 5.01. The third-order valence-electron chi connectivity index (χ3n) is 4.02. The van der Waals surface area contributed by atoms with Crippen LogP contribution in [-0.4, -0.2) is 27.1 Å². The van der Waals surface area contributed by atoms with Crippen LogP contribution in [0.3, 0.4) is 0 Å². The first-order chi connectivity index (χ1) is 10.3. The number of aryl methyl sites for hydroxylation is 1. The number of nitrogens with zero attached hydrogens (tertiary/aromatic N) is 3. The molecule has 3 aromatic rings. The van der Waals surface area contributed by atoms with Crippen molar-refractivity contribution in [3.63, 3.8) is 0 Å². The van der Waals surface area contributed by atoms with Crippen LogP contribution >= 0.6 is 11.3 Å². The molecule has 4 heterocycles. The van der Waals surface area contributed by atoms with Gasteiger partial charge in [-0.2, -0.15) is 0 Å². The van der Waals surface area contributed by atoms with Gasteiger partial charge in [-0.05, 0) is 50.6 Å². The first-order valence-corrected chi connectivity index (χ1v) is 8.25. The van der Waals surface area contributed by atoms with Gasteiger partial charge in [0.2, 0.25) is 0 Å². The van der Waals surface area contributed by atoms with E-state index in [0.29, 0.717) is 6.04 Å². The number of nitrogens with one attached hydrogen (secondary N) is 1. The summed E-state index contributed by atoms with van der Waals surface area (Å²) < 4.78 is 2.23. The van der Waals surface area contributed by atoms with Gasteiger partial charge >= 0.3 is 0 Å². The van der Waals surface area contributed by atoms with Gasteiger partial charge in [0.1, 0.15) is 16.3 Å². The van der Waals surface area contributed by atoms with Gasteiger partial charge in [-0.1, -0.05) is 0 Å². The van der Waals surface area contributed by atoms with Crippen LogP contribution in [0.1, 0.15) is 23.5 Å². The highest BCUT2D eigenvalue weighted by molar-refractivity contribution is 7.14. The molecule has 108 valence electrons. The van der Waals surface area contributed by atoms with Crippen LogP contribution < -0.4 is 5.32 Å². The summed E-state index contributed by atoms with van der Waals surface area (Å²) in [5.41, 5.74) is 1.95. The Hall–Kier alpha value is -1.72. The number of hydrogen-bond acceptors (Lipinski definition) is 4. The average Bonchev–Trinajstić information content (AvgIpc) is 3.18. The average molecular weight is 298 g/mol. The number of hydrogen-bond donors (Lipinski definition) is 1. The topological polar surface area (TPSA) is 42.7 Å². The Labute approximate surface area is 127 Å². The number of aromatic nitrogens is 3. The molecule has 21 heavy (non-hydrogen) atoms. The van der Waals surface area contributed by atoms with E-state index in [1.54, 1.807) is 11.3 Å². The quantitative estimate of drug-likeness (QED) is 0.808. The summed E-state index contributed by atoms with van der Waals surface area (Å²) in [6.45, 7) is 3.26. The Balaban J connectivity index is 1.84. The summed E-state index contributed by atoms with van der Waals surface area (Å²) in [6.07, 6.45) is 5.31. The Bertz CT molecular complexity index is 768. The Morgan fingerprint density at radius 1 is 1.38 bits per heavy atom. The molecule has 1 fully saturated rings. The van der Waals surface area contributed by atoms with Crippen molar-refractivity contribution in [2.45, 2.75) is 32.2 Å². The van der Waals surface area contributed by atoms with E-state index < -0.39 is 0 Å². The summed E-state index contributed by atoms with van der Waals surface area (Å²) in [6, 6.07) is 8.87. The van der Waals surface area contributed by atoms with Crippen molar-refractivity contribution in [3.05, 3.63) is 41.2 Å². The molecule has 0 aliphatic carbocycles. The van der Waals surface area contributed by atoms with Crippen molar-refractivity contribution in [1.82, 2.24) is 19.9 Å². The molecule has 1 atom stereocenters. The highest BCUT2D eigenvalue weighted by atomic mass is 32.1. The monoisotopic (exact) mass is 298 g/mol. The number of thiophene rings is 1. The highest BCUT2D eigenvalue weighted by Gasteiger charge is 2.20. The van der Waals surface area contributed by atoms with Gasteiger partial charge in [0, 0.05) is 23.5 Å². The van der Waals surface area contributed by atoms with Crippen molar-refractivity contribution < 1.29 is 0 Å². The van der Waals surface area contributed by atoms with Crippen LogP contribution in [0.15, 0.2) is 30.5 Å². The fraction of sp³-hybridized carbons (Fsp3) is 0.375. The van der Waals surface area contributed by atoms with E-state index in [4.69, 9.17) is 4.98 Å². The van der Waals surface area contributed by atoms with Crippen molar-refractivity contribution in [2.75, 3.05) is 6.54 Å². The Morgan fingerprint density at radius 3 is 3.10 bits per heavy atom. The molecule has 1 aliphatic rings. The summed E-state index contributed by atoms with van der Waals surface area (Å²) in [4.78, 5) is 10.7. The molecule has 0 bridgehead atoms. The molecule has 0 amide bonds. The molecule has 4 rings (SSSR count). The van der Waals surface area contributed by atoms with Crippen LogP contribution in [0, 0.1) is 6.92 Å². The molecule has 1 aliphatic heterocycles. The first-order valence-electron chi connectivity index (χ1n) is 7.44. The minimum atomic E-state index is 0.543. The molecule has 1 unspecified atom stereocenters. The lowest BCUT2D eigenvalue weighted by atomic mass is 10.1. The fourth-order valence-electron chi connectivity index (χ4n) is 3.02. The zero-order valence-electron chi connectivity index (χ0n) is 12.0. The lowest BCUT2D eigenvalue weighted by Gasteiger charge is -2.11. The maximum Gasteiger partial charge on any atom is 0.165 e. The molecule has 0 aromatic carbocycles. The number of rotatable bonds is 3. The zero-order valence-corrected chi connectivity index (χ0v) is 12.9. The largest absolute Gasteiger partial charge is 0.314 e. The van der Waals surface area contributed by atoms with E-state index in [2.05, 4.69) is 33.9 Å². The van der Waals surface area contributed by atoms with Crippen LogP contribution in [0.25, 0.3) is 16.2 Å². The van der Waals surface area contributed by atoms with Crippen molar-refractivity contribution in [2.24, 2.45) is 0 Å². The van der Waals surface area contributed by atoms with Gasteiger partial charge in [-0.3, -0.25) is 4.57 Å². The molecule has 1 saturated heterocycles. The Morgan fingerprint density at radius 2 is 2.33 bits per heavy atom. The lowest BCUT2D eigenvalue weighted by molar-refractivity contribution is 0.583. The molecule has 5 heteroatoms. The van der Waals surface area contributed by atoms with Gasteiger partial charge in [0.25, 0.3) is 0 Å². The second kappa shape index (κ2) is 5.24. The van der Waals surface area contributed by atoms with Gasteiger partial charge in [-0.25, -0.2) is 9.97 Å². The van der Waals surface area contributed by atoms with Crippen LogP contribution in [0.5, 0.6) is 0 Å². The molecule has 0 saturated carbocycles. The summed E-state index contributed by atoms with van der Waals surface area (Å²) in [5, 5.41) is 4.77. The SMILES string of the molecule is Cc1ccc(-n2c(CC3CCCN3)nc3cccnc32)s1. The minimum absolute atomic E-state index is 0.543. The van der Waals surface area contributed by atoms with E-state index in [0.717, 1.165) is 30.0 Å². The second-order valence-electron chi connectivity index (χ2n) is 5.59. The highest BCUT2D eigenvalue weighted by Crippen LogP contribution is 2.27. The minimum Gasteiger partial charge on any atom is -0.314 e. The molecular formula is C16H18N4S. The molecule has 0 radical (unpaired) electrons. The van der Waals surface area contributed by atoms with Gasteiger partial charge in [0.05, 0.1) is 0 Å². The van der Waals surface area contributed by atoms with E-state index in [1.165, 1.54) is 22.7 Å². The Kier molecular flexibility index (Phi) is 3.24. The predicted octanol–water partition coefficient (Wildman–Crippen LogP) is 3.08. The fourth-order valence-corrected chi connectivity index (χ4v) is 3.91. The summed E-state index contributed by atoms with van der Waals surface area (Å²) in [7, 11) is 0. The number of imidazole rings is 1. The van der Waals surface area contributed by atoms with Crippen LogP contribution in [-0.2, 0) is 6.42 Å². The van der Waals surface area contributed by atoms with Gasteiger partial charge in [-0.15, -0.1) is 11.3 Å². The molecule has 4 nitrogen and oxygen atoms in total. The third kappa shape index (κ3) is 2.36. The molecule has 3 aromatic heterocycles. The molecular weight excluding hydrogens is 280 g/mol. The zero-order chi connectivity index (χ0) is 14.2. The normalized spacial score (nSPS) is 18.6. The van der Waals surface area contributed by atoms with E-state index in [9.17, 15) is 0 Å². The molecule has 0 spiro atoms. The lowest BCUT2D eigenvalue weighted by Crippen LogP contribution is -2.25. The standard InChI is InChI=1S/C16H18N4S/c1-11-6-7-15(21-11)20-14(10-12-4-2-8-17-12)19-13-5-3-9-18-16(13)20/h3,5-7,9,12,17H,2,4,8,10H2,1H3. The van der Waals surface area contributed by atoms with Crippen molar-refractivity contribution in [1.29, 1.82) is 0 Å². The molecule has 1 N–H and O–H groups in total. The van der Waals surface area contributed by atoms with Crippen LogP contribution in [0.4, 0.5) is 0 Å². The maximum atomic E-state index is 4.83. The number of pyridine rings is 1. The van der Waals surface area contributed by atoms with Crippen molar-refractivity contribution >= 4 is 22.5 Å². The van der Waals surface area contributed by atoms with Crippen molar-refractivity contribution in [3.8, 4) is 5.00 Å². The van der Waals surface area contributed by atoms with E-state index >= 15 is 0 Å². The second-order valence-corrected chi connectivity index (χ2v) is 6.86. The van der Waals surface area contributed by atoms with Gasteiger partial charge < -0.3 is 5.32 Å². The number of fused-ring (bicyclic) bond motifs is 1. The first kappa shape index (κ1) is 13.0. The summed E-state index contributed by atoms with van der Waals surface area (Å²) in [5.74, 6) is 1.12. The predicted molar refractivity (Wildman–Crippen MR) is 86.2 cm³/mol. The van der Waals surface area contributed by atoms with E-state index in [-0.39, 0.29) is 0 Å². The summed E-state index contributed by atoms with van der Waals surface area (Å²) >= 11 is 1.79. The maximum absolute atomic E-state index is 4.83.